The fraction of sp³-hybridized carbons (Fsp3) is 0.250. The zero-order valence-electron chi connectivity index (χ0n) is 11.7. The van der Waals surface area contributed by atoms with Gasteiger partial charge in [0, 0.05) is 35.6 Å². The molecular formula is C16H19ClN2O. The molecule has 2 N–H and O–H groups in total. The molecule has 0 aliphatic heterocycles. The number of ether oxygens (including phenoxy) is 1. The molecule has 0 radical (unpaired) electrons. The van der Waals surface area contributed by atoms with Crippen molar-refractivity contribution in [1.29, 1.82) is 0 Å². The topological polar surface area (TPSA) is 33.3 Å². The smallest absolute Gasteiger partial charge is 0.120 e. The minimum absolute atomic E-state index is 0.788. The molecular weight excluding hydrogens is 272 g/mol. The van der Waals surface area contributed by atoms with Crippen LogP contribution in [0.15, 0.2) is 42.5 Å². The summed E-state index contributed by atoms with van der Waals surface area (Å²) in [6.45, 7) is 3.65. The molecule has 2 aromatic rings. The van der Waals surface area contributed by atoms with Crippen LogP contribution in [0.25, 0.3) is 0 Å². The van der Waals surface area contributed by atoms with Gasteiger partial charge >= 0.3 is 0 Å². The number of anilines is 2. The van der Waals surface area contributed by atoms with Crippen LogP contribution in [0, 0.1) is 6.92 Å². The lowest BCUT2D eigenvalue weighted by molar-refractivity contribution is 0.415. The zero-order valence-corrected chi connectivity index (χ0v) is 12.5. The monoisotopic (exact) mass is 290 g/mol. The second-order valence-electron chi connectivity index (χ2n) is 4.50. The summed E-state index contributed by atoms with van der Waals surface area (Å²) >= 11 is 6.09. The molecule has 0 atom stereocenters. The van der Waals surface area contributed by atoms with Gasteiger partial charge in [-0.25, -0.2) is 0 Å². The summed E-state index contributed by atoms with van der Waals surface area (Å²) in [5, 5.41) is 7.51. The van der Waals surface area contributed by atoms with E-state index in [1.165, 1.54) is 0 Å². The predicted octanol–water partition coefficient (Wildman–Crippen LogP) is 4.18. The Morgan fingerprint density at radius 2 is 1.80 bits per heavy atom. The van der Waals surface area contributed by atoms with Crippen molar-refractivity contribution in [2.75, 3.05) is 30.8 Å². The maximum absolute atomic E-state index is 6.09. The predicted molar refractivity (Wildman–Crippen MR) is 86.2 cm³/mol. The molecule has 0 aromatic heterocycles. The van der Waals surface area contributed by atoms with Gasteiger partial charge in [0.15, 0.2) is 0 Å². The van der Waals surface area contributed by atoms with Crippen LogP contribution in [0.4, 0.5) is 11.4 Å². The summed E-state index contributed by atoms with van der Waals surface area (Å²) in [4.78, 5) is 0. The molecule has 106 valence electrons. The first kappa shape index (κ1) is 14.5. The highest BCUT2D eigenvalue weighted by Gasteiger charge is 2.00. The molecule has 0 saturated carbocycles. The highest BCUT2D eigenvalue weighted by molar-refractivity contribution is 6.31. The molecule has 0 aliphatic rings. The quantitative estimate of drug-likeness (QED) is 0.783. The van der Waals surface area contributed by atoms with Crippen LogP contribution in [-0.4, -0.2) is 20.2 Å². The summed E-state index contributed by atoms with van der Waals surface area (Å²) in [7, 11) is 1.67. The van der Waals surface area contributed by atoms with Crippen LogP contribution in [0.3, 0.4) is 0 Å². The average Bonchev–Trinajstić information content (AvgIpc) is 2.48. The fourth-order valence-corrected chi connectivity index (χ4v) is 2.11. The molecule has 0 saturated heterocycles. The van der Waals surface area contributed by atoms with Crippen LogP contribution in [0.1, 0.15) is 5.56 Å². The summed E-state index contributed by atoms with van der Waals surface area (Å²) in [5.41, 5.74) is 3.20. The number of hydrogen-bond acceptors (Lipinski definition) is 3. The largest absolute Gasteiger partial charge is 0.497 e. The second kappa shape index (κ2) is 7.06. The van der Waals surface area contributed by atoms with E-state index in [0.717, 1.165) is 40.8 Å². The van der Waals surface area contributed by atoms with Crippen LogP contribution >= 0.6 is 11.6 Å². The minimum Gasteiger partial charge on any atom is -0.497 e. The third kappa shape index (κ3) is 3.81. The lowest BCUT2D eigenvalue weighted by Gasteiger charge is -2.12. The Hall–Kier alpha value is -1.87. The third-order valence-electron chi connectivity index (χ3n) is 3.11. The summed E-state index contributed by atoms with van der Waals surface area (Å²) in [6.07, 6.45) is 0. The van der Waals surface area contributed by atoms with Crippen LogP contribution in [-0.2, 0) is 0 Å². The molecule has 0 spiro atoms. The lowest BCUT2D eigenvalue weighted by atomic mass is 10.2. The normalized spacial score (nSPS) is 10.2. The van der Waals surface area contributed by atoms with Crippen molar-refractivity contribution < 1.29 is 4.74 Å². The summed E-state index contributed by atoms with van der Waals surface area (Å²) in [5.74, 6) is 0.855. The van der Waals surface area contributed by atoms with Crippen molar-refractivity contribution in [3.05, 3.63) is 53.1 Å². The van der Waals surface area contributed by atoms with Crippen LogP contribution < -0.4 is 15.4 Å². The van der Waals surface area contributed by atoms with Gasteiger partial charge in [0.2, 0.25) is 0 Å². The van der Waals surface area contributed by atoms with Crippen LogP contribution in [0.2, 0.25) is 5.02 Å². The Bertz CT molecular complexity index is 572. The Morgan fingerprint density at radius 1 is 1.05 bits per heavy atom. The van der Waals surface area contributed by atoms with E-state index in [0.29, 0.717) is 0 Å². The Labute approximate surface area is 124 Å². The van der Waals surface area contributed by atoms with Gasteiger partial charge in [0.25, 0.3) is 0 Å². The molecule has 0 heterocycles. The van der Waals surface area contributed by atoms with Gasteiger partial charge in [-0.2, -0.15) is 0 Å². The molecule has 4 heteroatoms. The van der Waals surface area contributed by atoms with Crippen LogP contribution in [0.5, 0.6) is 5.75 Å². The third-order valence-corrected chi connectivity index (χ3v) is 3.52. The summed E-state index contributed by atoms with van der Waals surface area (Å²) in [6, 6.07) is 13.8. The maximum atomic E-state index is 6.09. The number of hydrogen-bond donors (Lipinski definition) is 2. The van der Waals surface area contributed by atoms with Crippen molar-refractivity contribution >= 4 is 23.0 Å². The van der Waals surface area contributed by atoms with E-state index < -0.39 is 0 Å². The number of rotatable bonds is 6. The van der Waals surface area contributed by atoms with Crippen molar-refractivity contribution in [3.8, 4) is 5.75 Å². The van der Waals surface area contributed by atoms with E-state index in [1.54, 1.807) is 7.11 Å². The molecule has 20 heavy (non-hydrogen) atoms. The molecule has 3 nitrogen and oxygen atoms in total. The number of methoxy groups -OCH3 is 1. The van der Waals surface area contributed by atoms with Crippen molar-refractivity contribution in [2.24, 2.45) is 0 Å². The Balaban J connectivity index is 1.83. The maximum Gasteiger partial charge on any atom is 0.120 e. The Kier molecular flexibility index (Phi) is 5.13. The van der Waals surface area contributed by atoms with Gasteiger partial charge in [-0.1, -0.05) is 23.7 Å². The van der Waals surface area contributed by atoms with Gasteiger partial charge < -0.3 is 15.4 Å². The van der Waals surface area contributed by atoms with Crippen molar-refractivity contribution in [2.45, 2.75) is 6.92 Å². The van der Waals surface area contributed by atoms with Crippen molar-refractivity contribution in [1.82, 2.24) is 0 Å². The molecule has 0 bridgehead atoms. The number of nitrogens with one attached hydrogen (secondary N) is 2. The molecule has 2 aromatic carbocycles. The van der Waals surface area contributed by atoms with Gasteiger partial charge in [-0.3, -0.25) is 0 Å². The molecule has 2 rings (SSSR count). The summed E-state index contributed by atoms with van der Waals surface area (Å²) < 4.78 is 5.19. The van der Waals surface area contributed by atoms with E-state index in [-0.39, 0.29) is 0 Å². The minimum atomic E-state index is 0.788. The van der Waals surface area contributed by atoms with E-state index in [2.05, 4.69) is 10.6 Å². The lowest BCUT2D eigenvalue weighted by Crippen LogP contribution is -2.14. The van der Waals surface area contributed by atoms with Crippen molar-refractivity contribution in [3.63, 3.8) is 0 Å². The highest BCUT2D eigenvalue weighted by Crippen LogP contribution is 2.22. The second-order valence-corrected chi connectivity index (χ2v) is 4.91. The first-order chi connectivity index (χ1) is 9.70. The van der Waals surface area contributed by atoms with E-state index in [9.17, 15) is 0 Å². The van der Waals surface area contributed by atoms with E-state index in [1.807, 2.05) is 49.4 Å². The first-order valence-corrected chi connectivity index (χ1v) is 6.95. The van der Waals surface area contributed by atoms with E-state index in [4.69, 9.17) is 16.3 Å². The highest BCUT2D eigenvalue weighted by atomic mass is 35.5. The zero-order chi connectivity index (χ0) is 14.4. The SMILES string of the molecule is COc1cccc(NCCNc2cccc(Cl)c2C)c1. The molecule has 0 amide bonds. The number of benzene rings is 2. The fourth-order valence-electron chi connectivity index (χ4n) is 1.94. The molecule has 0 fully saturated rings. The molecule has 0 aliphatic carbocycles. The first-order valence-electron chi connectivity index (χ1n) is 6.57. The van der Waals surface area contributed by atoms with Gasteiger partial charge in [0.1, 0.15) is 5.75 Å². The van der Waals surface area contributed by atoms with E-state index >= 15 is 0 Å². The average molecular weight is 291 g/mol. The van der Waals surface area contributed by atoms with Gasteiger partial charge in [0.05, 0.1) is 7.11 Å². The number of halogens is 1. The Morgan fingerprint density at radius 3 is 2.60 bits per heavy atom. The standard InChI is InChI=1S/C16H19ClN2O/c1-12-15(17)7-4-8-16(12)19-10-9-18-13-5-3-6-14(11-13)20-2/h3-8,11,18-19H,9-10H2,1-2H3. The van der Waals surface area contributed by atoms with Gasteiger partial charge in [-0.15, -0.1) is 0 Å². The molecule has 0 unspecified atom stereocenters. The van der Waals surface area contributed by atoms with Gasteiger partial charge in [-0.05, 0) is 36.8 Å².